The highest BCUT2D eigenvalue weighted by Crippen LogP contribution is 2.31. The van der Waals surface area contributed by atoms with Crippen molar-refractivity contribution in [3.63, 3.8) is 0 Å². The van der Waals surface area contributed by atoms with Crippen molar-refractivity contribution in [1.29, 1.82) is 0 Å². The number of piperazine rings is 1. The molecule has 11 heteroatoms. The molecule has 2 atom stereocenters. The number of amides is 1. The summed E-state index contributed by atoms with van der Waals surface area (Å²) in [6, 6.07) is 3.19. The third-order valence-electron chi connectivity index (χ3n) is 6.12. The molecule has 7 nitrogen and oxygen atoms in total. The molecule has 2 aliphatic rings. The molecule has 2 saturated heterocycles. The maximum Gasteiger partial charge on any atom is 0.263 e. The van der Waals surface area contributed by atoms with Gasteiger partial charge in [0.25, 0.3) is 5.91 Å². The topological polar surface area (TPSA) is 96.2 Å². The van der Waals surface area contributed by atoms with Crippen LogP contribution in [0.3, 0.4) is 0 Å². The number of anilines is 2. The number of thiophene rings is 1. The van der Waals surface area contributed by atoms with E-state index in [1.807, 2.05) is 11.8 Å². The van der Waals surface area contributed by atoms with Crippen LogP contribution in [0.4, 0.5) is 20.2 Å². The van der Waals surface area contributed by atoms with Crippen LogP contribution in [0, 0.1) is 18.6 Å². The summed E-state index contributed by atoms with van der Waals surface area (Å²) in [6.07, 6.45) is 3.90. The Morgan fingerprint density at radius 2 is 2.00 bits per heavy atom. The van der Waals surface area contributed by atoms with Crippen LogP contribution >= 0.6 is 23.7 Å². The van der Waals surface area contributed by atoms with E-state index in [2.05, 4.69) is 20.6 Å². The normalized spacial score (nSPS) is 19.5. The molecule has 0 radical (unpaired) electrons. The Hall–Kier alpha value is -2.56. The molecule has 4 heterocycles. The summed E-state index contributed by atoms with van der Waals surface area (Å²) >= 11 is 1.17. The fourth-order valence-corrected chi connectivity index (χ4v) is 5.55. The van der Waals surface area contributed by atoms with Crippen molar-refractivity contribution in [3.8, 4) is 0 Å². The maximum absolute atomic E-state index is 14.8. The molecule has 4 N–H and O–H groups in total. The van der Waals surface area contributed by atoms with Crippen LogP contribution in [-0.2, 0) is 6.42 Å². The molecule has 5 rings (SSSR count). The average Bonchev–Trinajstić information content (AvgIpc) is 3.27. The number of nitrogens with zero attached hydrogens (tertiary/aromatic N) is 3. The summed E-state index contributed by atoms with van der Waals surface area (Å²) in [4.78, 5) is 24.0. The summed E-state index contributed by atoms with van der Waals surface area (Å²) in [5, 5.41) is 6.23. The Balaban J connectivity index is 0.00000259. The third-order valence-corrected chi connectivity index (χ3v) is 7.21. The molecule has 1 aromatic carbocycles. The lowest BCUT2D eigenvalue weighted by Gasteiger charge is -2.34. The molecule has 0 aliphatic carbocycles. The predicted molar refractivity (Wildman–Crippen MR) is 128 cm³/mol. The summed E-state index contributed by atoms with van der Waals surface area (Å²) in [5.41, 5.74) is 8.11. The van der Waals surface area contributed by atoms with Crippen molar-refractivity contribution >= 4 is 51.4 Å². The molecular weight excluding hydrogens is 470 g/mol. The molecular formula is C22H25ClF2N6OS. The predicted octanol–water partition coefficient (Wildman–Crippen LogP) is 3.20. The van der Waals surface area contributed by atoms with E-state index in [0.29, 0.717) is 46.1 Å². The minimum atomic E-state index is -0.466. The molecule has 2 aliphatic heterocycles. The highest BCUT2D eigenvalue weighted by atomic mass is 35.5. The molecule has 2 aromatic heterocycles. The van der Waals surface area contributed by atoms with Gasteiger partial charge in [-0.2, -0.15) is 0 Å². The van der Waals surface area contributed by atoms with Crippen LogP contribution < -0.4 is 21.3 Å². The van der Waals surface area contributed by atoms with E-state index in [9.17, 15) is 13.6 Å². The molecule has 2 unspecified atom stereocenters. The van der Waals surface area contributed by atoms with E-state index in [0.717, 1.165) is 18.5 Å². The van der Waals surface area contributed by atoms with Gasteiger partial charge in [-0.05, 0) is 37.8 Å². The smallest absolute Gasteiger partial charge is 0.263 e. The van der Waals surface area contributed by atoms with Crippen LogP contribution in [0.25, 0.3) is 10.3 Å². The van der Waals surface area contributed by atoms with Gasteiger partial charge in [0.15, 0.2) is 0 Å². The standard InChI is InChI=1S/C22H24F2N6OS.ClH/c1-11-8-27-19-18(25)20(32-22(19)28-11)21(31)26-5-4-12-6-16(24)17(7-15(12)23)30-9-13-2-3-14(10-30)29-13;/h6-8,13-14,29H,2-5,9-10,25H2,1H3,(H,26,31);1H. The Labute approximate surface area is 200 Å². The van der Waals surface area contributed by atoms with Gasteiger partial charge < -0.3 is 21.3 Å². The first-order valence-electron chi connectivity index (χ1n) is 10.7. The Bertz CT molecular complexity index is 1190. The average molecular weight is 495 g/mol. The second kappa shape index (κ2) is 9.36. The van der Waals surface area contributed by atoms with Crippen molar-refractivity contribution in [2.45, 2.75) is 38.3 Å². The van der Waals surface area contributed by atoms with Crippen LogP contribution in [0.5, 0.6) is 0 Å². The molecule has 2 fully saturated rings. The second-order valence-corrected chi connectivity index (χ2v) is 9.45. The number of aromatic nitrogens is 2. The molecule has 0 spiro atoms. The summed E-state index contributed by atoms with van der Waals surface area (Å²) in [7, 11) is 0. The number of rotatable bonds is 5. The van der Waals surface area contributed by atoms with Crippen LogP contribution in [0.2, 0.25) is 0 Å². The van der Waals surface area contributed by atoms with Gasteiger partial charge in [0.2, 0.25) is 0 Å². The van der Waals surface area contributed by atoms with E-state index >= 15 is 0 Å². The number of nitrogens with two attached hydrogens (primary N) is 1. The number of carbonyl (C=O) groups is 1. The van der Waals surface area contributed by atoms with Crippen LogP contribution in [0.15, 0.2) is 18.3 Å². The second-order valence-electron chi connectivity index (χ2n) is 8.45. The molecule has 2 bridgehead atoms. The fourth-order valence-electron chi connectivity index (χ4n) is 4.54. The molecule has 33 heavy (non-hydrogen) atoms. The van der Waals surface area contributed by atoms with Gasteiger partial charge in [-0.3, -0.25) is 4.79 Å². The summed E-state index contributed by atoms with van der Waals surface area (Å²) in [6.45, 7) is 3.33. The van der Waals surface area contributed by atoms with Gasteiger partial charge in [-0.15, -0.1) is 23.7 Å². The Kier molecular flexibility index (Phi) is 6.69. The van der Waals surface area contributed by atoms with Crippen molar-refractivity contribution in [2.75, 3.05) is 30.3 Å². The molecule has 1 amide bonds. The van der Waals surface area contributed by atoms with E-state index in [4.69, 9.17) is 5.73 Å². The summed E-state index contributed by atoms with van der Waals surface area (Å²) in [5.74, 6) is -1.28. The largest absolute Gasteiger partial charge is 0.396 e. The number of hydrogen-bond donors (Lipinski definition) is 3. The van der Waals surface area contributed by atoms with Gasteiger partial charge in [0, 0.05) is 44.0 Å². The minimum Gasteiger partial charge on any atom is -0.396 e. The van der Waals surface area contributed by atoms with Crippen LogP contribution in [0.1, 0.15) is 33.8 Å². The van der Waals surface area contributed by atoms with Gasteiger partial charge >= 0.3 is 0 Å². The number of benzene rings is 1. The zero-order chi connectivity index (χ0) is 22.4. The minimum absolute atomic E-state index is 0. The summed E-state index contributed by atoms with van der Waals surface area (Å²) < 4.78 is 29.5. The number of carbonyl (C=O) groups excluding carboxylic acids is 1. The van der Waals surface area contributed by atoms with E-state index < -0.39 is 11.6 Å². The SMILES string of the molecule is Cc1cnc2c(N)c(C(=O)NCCc3cc(F)c(N4CC5CCC(C4)N5)cc3F)sc2n1.Cl. The number of fused-ring (bicyclic) bond motifs is 3. The zero-order valence-electron chi connectivity index (χ0n) is 18.0. The molecule has 3 aromatic rings. The van der Waals surface area contributed by atoms with Gasteiger partial charge in [-0.1, -0.05) is 0 Å². The van der Waals surface area contributed by atoms with E-state index in [-0.39, 0.29) is 42.5 Å². The van der Waals surface area contributed by atoms with E-state index in [1.165, 1.54) is 23.5 Å². The number of hydrogen-bond acceptors (Lipinski definition) is 7. The van der Waals surface area contributed by atoms with Gasteiger partial charge in [-0.25, -0.2) is 18.7 Å². The van der Waals surface area contributed by atoms with Crippen molar-refractivity contribution < 1.29 is 13.6 Å². The fraction of sp³-hybridized carbons (Fsp3) is 0.409. The number of halogens is 3. The zero-order valence-corrected chi connectivity index (χ0v) is 19.7. The van der Waals surface area contributed by atoms with Crippen molar-refractivity contribution in [3.05, 3.63) is 46.1 Å². The molecule has 176 valence electrons. The van der Waals surface area contributed by atoms with Crippen molar-refractivity contribution in [2.24, 2.45) is 0 Å². The van der Waals surface area contributed by atoms with E-state index in [1.54, 1.807) is 6.20 Å². The first-order valence-corrected chi connectivity index (χ1v) is 11.5. The lowest BCUT2D eigenvalue weighted by Crippen LogP contribution is -2.51. The number of nitrogens with one attached hydrogen (secondary N) is 2. The number of aryl methyl sites for hydroxylation is 1. The number of nitrogen functional groups attached to an aromatic ring is 1. The first kappa shape index (κ1) is 23.6. The van der Waals surface area contributed by atoms with Crippen molar-refractivity contribution in [1.82, 2.24) is 20.6 Å². The highest BCUT2D eigenvalue weighted by molar-refractivity contribution is 7.21. The van der Waals surface area contributed by atoms with Gasteiger partial charge in [0.05, 0.1) is 17.1 Å². The quantitative estimate of drug-likeness (QED) is 0.504. The van der Waals surface area contributed by atoms with Crippen LogP contribution in [-0.4, -0.2) is 47.6 Å². The first-order chi connectivity index (χ1) is 15.4. The third kappa shape index (κ3) is 4.60. The monoisotopic (exact) mass is 494 g/mol. The Morgan fingerprint density at radius 1 is 1.27 bits per heavy atom. The lowest BCUT2D eigenvalue weighted by atomic mass is 10.1. The maximum atomic E-state index is 14.8. The molecule has 0 saturated carbocycles. The van der Waals surface area contributed by atoms with Gasteiger partial charge in [0.1, 0.15) is 26.9 Å². The highest BCUT2D eigenvalue weighted by Gasteiger charge is 2.33. The Morgan fingerprint density at radius 3 is 2.73 bits per heavy atom. The lowest BCUT2D eigenvalue weighted by molar-refractivity contribution is 0.0959.